The lowest BCUT2D eigenvalue weighted by molar-refractivity contribution is 0.271. The van der Waals surface area contributed by atoms with Gasteiger partial charge in [0.1, 0.15) is 6.61 Å². The first kappa shape index (κ1) is 15.2. The van der Waals surface area contributed by atoms with Crippen molar-refractivity contribution in [3.8, 4) is 11.8 Å². The molecule has 0 aliphatic carbocycles. The van der Waals surface area contributed by atoms with Crippen LogP contribution in [0.2, 0.25) is 0 Å². The first-order chi connectivity index (χ1) is 10.3. The summed E-state index contributed by atoms with van der Waals surface area (Å²) in [4.78, 5) is 6.42. The quantitative estimate of drug-likeness (QED) is 0.855. The van der Waals surface area contributed by atoms with Gasteiger partial charge in [0.25, 0.3) is 0 Å². The van der Waals surface area contributed by atoms with Crippen molar-refractivity contribution < 1.29 is 5.11 Å². The predicted molar refractivity (Wildman–Crippen MR) is 84.4 cm³/mol. The van der Waals surface area contributed by atoms with Gasteiger partial charge < -0.3 is 5.11 Å². The van der Waals surface area contributed by atoms with Crippen molar-refractivity contribution in [2.45, 2.75) is 20.0 Å². The number of rotatable bonds is 5. The fraction of sp³-hybridized carbons (Fsp3) is 0.278. The highest BCUT2D eigenvalue weighted by atomic mass is 16.2. The van der Waals surface area contributed by atoms with E-state index in [2.05, 4.69) is 40.8 Å². The minimum Gasteiger partial charge on any atom is -0.384 e. The van der Waals surface area contributed by atoms with Crippen LogP contribution in [0.4, 0.5) is 0 Å². The van der Waals surface area contributed by atoms with Crippen molar-refractivity contribution in [3.05, 3.63) is 65.5 Å². The van der Waals surface area contributed by atoms with E-state index in [4.69, 9.17) is 5.11 Å². The van der Waals surface area contributed by atoms with Crippen LogP contribution in [0.3, 0.4) is 0 Å². The average molecular weight is 280 g/mol. The van der Waals surface area contributed by atoms with Crippen molar-refractivity contribution in [1.29, 1.82) is 0 Å². The summed E-state index contributed by atoms with van der Waals surface area (Å²) >= 11 is 0. The second-order valence-electron chi connectivity index (χ2n) is 4.82. The van der Waals surface area contributed by atoms with E-state index in [-0.39, 0.29) is 6.61 Å². The Hall–Kier alpha value is -2.15. The number of hydrogen-bond acceptors (Lipinski definition) is 3. The molecule has 3 heteroatoms. The highest BCUT2D eigenvalue weighted by molar-refractivity contribution is 5.37. The van der Waals surface area contributed by atoms with Crippen LogP contribution in [0.15, 0.2) is 48.8 Å². The number of hydrogen-bond donors (Lipinski definition) is 1. The van der Waals surface area contributed by atoms with Crippen LogP contribution in [0.5, 0.6) is 0 Å². The number of aliphatic hydroxyl groups excluding tert-OH is 1. The van der Waals surface area contributed by atoms with E-state index < -0.39 is 0 Å². The van der Waals surface area contributed by atoms with Crippen LogP contribution in [-0.2, 0) is 13.1 Å². The molecule has 2 aromatic rings. The van der Waals surface area contributed by atoms with E-state index in [1.165, 1.54) is 11.1 Å². The number of aliphatic hydroxyl groups is 1. The minimum absolute atomic E-state index is 0.104. The number of pyridine rings is 1. The molecule has 3 nitrogen and oxygen atoms in total. The van der Waals surface area contributed by atoms with Gasteiger partial charge in [-0.1, -0.05) is 30.9 Å². The lowest BCUT2D eigenvalue weighted by Gasteiger charge is -2.20. The van der Waals surface area contributed by atoms with Gasteiger partial charge in [0.2, 0.25) is 0 Å². The predicted octanol–water partition coefficient (Wildman–Crippen LogP) is 2.45. The molecule has 108 valence electrons. The first-order valence-corrected chi connectivity index (χ1v) is 7.11. The van der Waals surface area contributed by atoms with Crippen LogP contribution >= 0.6 is 0 Å². The summed E-state index contributed by atoms with van der Waals surface area (Å²) < 4.78 is 0. The van der Waals surface area contributed by atoms with Gasteiger partial charge in [0.15, 0.2) is 0 Å². The Labute approximate surface area is 126 Å². The summed E-state index contributed by atoms with van der Waals surface area (Å²) in [7, 11) is 0. The third-order valence-electron chi connectivity index (χ3n) is 3.25. The summed E-state index contributed by atoms with van der Waals surface area (Å²) in [5.41, 5.74) is 3.44. The zero-order chi connectivity index (χ0) is 14.9. The Balaban J connectivity index is 2.04. The lowest BCUT2D eigenvalue weighted by Crippen LogP contribution is -2.22. The zero-order valence-electron chi connectivity index (χ0n) is 12.3. The van der Waals surface area contributed by atoms with Crippen LogP contribution in [0.25, 0.3) is 0 Å². The normalized spacial score (nSPS) is 10.2. The molecule has 0 spiro atoms. The van der Waals surface area contributed by atoms with Gasteiger partial charge in [0, 0.05) is 31.0 Å². The molecule has 0 fully saturated rings. The highest BCUT2D eigenvalue weighted by Gasteiger charge is 2.05. The maximum atomic E-state index is 8.76. The lowest BCUT2D eigenvalue weighted by atomic mass is 10.1. The number of aromatic nitrogens is 1. The number of nitrogens with zero attached hydrogens (tertiary/aromatic N) is 2. The van der Waals surface area contributed by atoms with E-state index in [0.29, 0.717) is 0 Å². The molecule has 0 aliphatic heterocycles. The fourth-order valence-corrected chi connectivity index (χ4v) is 2.17. The topological polar surface area (TPSA) is 36.4 Å². The van der Waals surface area contributed by atoms with Gasteiger partial charge in [-0.15, -0.1) is 0 Å². The molecule has 1 N–H and O–H groups in total. The monoisotopic (exact) mass is 280 g/mol. The van der Waals surface area contributed by atoms with E-state index in [1.807, 2.05) is 36.7 Å². The standard InChI is InChI=1S/C18H20N2O/c1-2-20(14-17-8-10-19-11-9-17)15-18-6-3-5-16(13-18)7-4-12-21/h3,5-6,8-11,13,21H,2,12,14-15H2,1H3. The Morgan fingerprint density at radius 2 is 1.86 bits per heavy atom. The molecule has 0 aliphatic rings. The van der Waals surface area contributed by atoms with Gasteiger partial charge in [-0.2, -0.15) is 0 Å². The van der Waals surface area contributed by atoms with Gasteiger partial charge in [-0.3, -0.25) is 9.88 Å². The molecular weight excluding hydrogens is 260 g/mol. The maximum absolute atomic E-state index is 8.76. The van der Waals surface area contributed by atoms with Crippen molar-refractivity contribution in [2.75, 3.05) is 13.2 Å². The minimum atomic E-state index is -0.104. The molecule has 1 heterocycles. The molecule has 0 saturated carbocycles. The van der Waals surface area contributed by atoms with Crippen molar-refractivity contribution in [1.82, 2.24) is 9.88 Å². The Morgan fingerprint density at radius 1 is 1.10 bits per heavy atom. The molecule has 2 rings (SSSR count). The van der Waals surface area contributed by atoms with Gasteiger partial charge in [0.05, 0.1) is 0 Å². The fourth-order valence-electron chi connectivity index (χ4n) is 2.17. The van der Waals surface area contributed by atoms with E-state index in [1.54, 1.807) is 0 Å². The molecule has 0 saturated heterocycles. The Morgan fingerprint density at radius 3 is 2.57 bits per heavy atom. The summed E-state index contributed by atoms with van der Waals surface area (Å²) in [6.45, 7) is 4.83. The van der Waals surface area contributed by atoms with E-state index >= 15 is 0 Å². The SMILES string of the molecule is CCN(Cc1ccncc1)Cc1cccc(C#CCO)c1. The van der Waals surface area contributed by atoms with Crippen molar-refractivity contribution >= 4 is 0 Å². The highest BCUT2D eigenvalue weighted by Crippen LogP contribution is 2.11. The molecule has 0 amide bonds. The van der Waals surface area contributed by atoms with Crippen molar-refractivity contribution in [3.63, 3.8) is 0 Å². The van der Waals surface area contributed by atoms with E-state index in [0.717, 1.165) is 25.2 Å². The summed E-state index contributed by atoms with van der Waals surface area (Å²) in [5, 5.41) is 8.76. The summed E-state index contributed by atoms with van der Waals surface area (Å²) in [6, 6.07) is 12.3. The van der Waals surface area contributed by atoms with Crippen LogP contribution in [0, 0.1) is 11.8 Å². The molecule has 0 unspecified atom stereocenters. The van der Waals surface area contributed by atoms with E-state index in [9.17, 15) is 0 Å². The molecule has 1 aromatic heterocycles. The third-order valence-corrected chi connectivity index (χ3v) is 3.25. The molecule has 1 aromatic carbocycles. The third kappa shape index (κ3) is 5.03. The Kier molecular flexibility index (Phi) is 5.96. The van der Waals surface area contributed by atoms with Crippen LogP contribution in [-0.4, -0.2) is 28.1 Å². The maximum Gasteiger partial charge on any atom is 0.104 e. The molecule has 0 radical (unpaired) electrons. The number of benzene rings is 1. The smallest absolute Gasteiger partial charge is 0.104 e. The van der Waals surface area contributed by atoms with Crippen LogP contribution in [0.1, 0.15) is 23.6 Å². The van der Waals surface area contributed by atoms with Gasteiger partial charge in [-0.05, 0) is 41.9 Å². The molecule has 0 bridgehead atoms. The average Bonchev–Trinajstić information content (AvgIpc) is 2.53. The molecule has 21 heavy (non-hydrogen) atoms. The summed E-state index contributed by atoms with van der Waals surface area (Å²) in [6.07, 6.45) is 3.66. The zero-order valence-corrected chi connectivity index (χ0v) is 12.3. The molecular formula is C18H20N2O. The second kappa shape index (κ2) is 8.21. The molecule has 0 atom stereocenters. The van der Waals surface area contributed by atoms with Gasteiger partial charge >= 0.3 is 0 Å². The summed E-state index contributed by atoms with van der Waals surface area (Å²) in [5.74, 6) is 5.63. The van der Waals surface area contributed by atoms with Crippen LogP contribution < -0.4 is 0 Å². The second-order valence-corrected chi connectivity index (χ2v) is 4.82. The van der Waals surface area contributed by atoms with Gasteiger partial charge in [-0.25, -0.2) is 0 Å². The Bertz CT molecular complexity index is 614. The van der Waals surface area contributed by atoms with Crippen molar-refractivity contribution in [2.24, 2.45) is 0 Å². The largest absolute Gasteiger partial charge is 0.384 e. The first-order valence-electron chi connectivity index (χ1n) is 7.11.